The number of nitrogens with zero attached hydrogens (tertiary/aromatic N) is 3. The molecule has 1 fully saturated rings. The number of fused-ring (bicyclic) bond motifs is 1. The van der Waals surface area contributed by atoms with Crippen LogP contribution in [0.1, 0.15) is 39.2 Å². The van der Waals surface area contributed by atoms with Gasteiger partial charge in [0.25, 0.3) is 0 Å². The van der Waals surface area contributed by atoms with E-state index in [9.17, 15) is 14.0 Å². The van der Waals surface area contributed by atoms with Gasteiger partial charge in [-0.05, 0) is 57.4 Å². The number of H-pyrrole nitrogens is 1. The van der Waals surface area contributed by atoms with Crippen molar-refractivity contribution in [1.82, 2.24) is 19.9 Å². The van der Waals surface area contributed by atoms with Crippen LogP contribution in [0.15, 0.2) is 67.0 Å². The van der Waals surface area contributed by atoms with Crippen molar-refractivity contribution in [3.8, 4) is 22.9 Å². The number of aromatic nitrogens is 3. The number of ether oxygens (including phenoxy) is 2. The molecule has 1 atom stereocenters. The van der Waals surface area contributed by atoms with Crippen molar-refractivity contribution < 1.29 is 23.5 Å². The lowest BCUT2D eigenvalue weighted by atomic mass is 10.1. The van der Waals surface area contributed by atoms with Crippen LogP contribution in [-0.2, 0) is 14.3 Å². The van der Waals surface area contributed by atoms with Crippen LogP contribution in [0.5, 0.6) is 11.5 Å². The number of hydrogen-bond acceptors (Lipinski definition) is 6. The molecule has 0 saturated carbocycles. The summed E-state index contributed by atoms with van der Waals surface area (Å²) < 4.78 is 25.2. The highest BCUT2D eigenvalue weighted by atomic mass is 19.1. The molecule has 4 aromatic rings. The summed E-state index contributed by atoms with van der Waals surface area (Å²) in [6.45, 7) is 5.97. The van der Waals surface area contributed by atoms with E-state index in [0.717, 1.165) is 17.5 Å². The summed E-state index contributed by atoms with van der Waals surface area (Å²) in [6.07, 6.45) is 7.82. The van der Waals surface area contributed by atoms with E-state index in [-0.39, 0.29) is 17.6 Å². The minimum Gasteiger partial charge on any atom is -0.458 e. The third-order valence-electron chi connectivity index (χ3n) is 6.25. The highest BCUT2D eigenvalue weighted by Gasteiger charge is 2.36. The molecule has 1 saturated heterocycles. The molecule has 0 radical (unpaired) electrons. The monoisotopic (exact) mass is 528 g/mol. The summed E-state index contributed by atoms with van der Waals surface area (Å²) >= 11 is 0. The number of carbonyl (C=O) groups excluding carboxylic acids is 2. The van der Waals surface area contributed by atoms with Crippen LogP contribution in [0.4, 0.5) is 4.39 Å². The van der Waals surface area contributed by atoms with Crippen LogP contribution in [0.3, 0.4) is 0 Å². The fraction of sp³-hybridized carbons (Fsp3) is 0.267. The first-order valence-corrected chi connectivity index (χ1v) is 12.8. The number of benzene rings is 2. The molecule has 0 spiro atoms. The standard InChI is InChI=1S/C30H29FN4O4/c1-30(2,3)39-29(37)23-8-6-16-35(23)26(36)15-12-19-10-13-20(14-11-19)27-32-17-21-25(18-33-28(21)34-27)38-24-9-5-4-7-22(24)31/h4-5,7,9-15,17-18,23H,6,8,16H2,1-3H3,(H,32,33,34)/b15-12+/t23-/m0/s1. The van der Waals surface area contributed by atoms with Crippen LogP contribution in [0.2, 0.25) is 0 Å². The molecule has 0 bridgehead atoms. The molecule has 1 aliphatic heterocycles. The van der Waals surface area contributed by atoms with Gasteiger partial charge in [0.2, 0.25) is 5.91 Å². The molecule has 2 aromatic carbocycles. The van der Waals surface area contributed by atoms with Gasteiger partial charge in [-0.2, -0.15) is 0 Å². The fourth-order valence-corrected chi connectivity index (χ4v) is 4.41. The van der Waals surface area contributed by atoms with Crippen LogP contribution in [0, 0.1) is 5.82 Å². The summed E-state index contributed by atoms with van der Waals surface area (Å²) in [7, 11) is 0. The minimum atomic E-state index is -0.598. The molecule has 0 aliphatic carbocycles. The van der Waals surface area contributed by atoms with E-state index in [0.29, 0.717) is 35.6 Å². The lowest BCUT2D eigenvalue weighted by Gasteiger charge is -2.26. The van der Waals surface area contributed by atoms with Crippen molar-refractivity contribution in [3.63, 3.8) is 0 Å². The van der Waals surface area contributed by atoms with Gasteiger partial charge in [-0.1, -0.05) is 36.4 Å². The van der Waals surface area contributed by atoms with E-state index >= 15 is 0 Å². The molecule has 0 unspecified atom stereocenters. The normalized spacial score (nSPS) is 15.7. The quantitative estimate of drug-likeness (QED) is 0.247. The van der Waals surface area contributed by atoms with Gasteiger partial charge in [-0.15, -0.1) is 0 Å². The lowest BCUT2D eigenvalue weighted by molar-refractivity contribution is -0.162. The maximum atomic E-state index is 14.0. The molecule has 1 aliphatic rings. The van der Waals surface area contributed by atoms with E-state index in [1.807, 2.05) is 45.0 Å². The van der Waals surface area contributed by atoms with Crippen molar-refractivity contribution in [3.05, 3.63) is 78.4 Å². The summed E-state index contributed by atoms with van der Waals surface area (Å²) in [4.78, 5) is 39.0. The maximum absolute atomic E-state index is 14.0. The maximum Gasteiger partial charge on any atom is 0.329 e. The van der Waals surface area contributed by atoms with Gasteiger partial charge in [-0.3, -0.25) is 4.79 Å². The highest BCUT2D eigenvalue weighted by molar-refractivity contribution is 5.95. The summed E-state index contributed by atoms with van der Waals surface area (Å²) in [5, 5.41) is 0.631. The highest BCUT2D eigenvalue weighted by Crippen LogP contribution is 2.31. The number of likely N-dealkylation sites (tertiary alicyclic amines) is 1. The van der Waals surface area contributed by atoms with Crippen molar-refractivity contribution in [2.24, 2.45) is 0 Å². The number of esters is 1. The second-order valence-electron chi connectivity index (χ2n) is 10.3. The minimum absolute atomic E-state index is 0.120. The Hall–Kier alpha value is -4.53. The van der Waals surface area contributed by atoms with Gasteiger partial charge >= 0.3 is 5.97 Å². The zero-order valence-corrected chi connectivity index (χ0v) is 22.0. The largest absolute Gasteiger partial charge is 0.458 e. The first kappa shape index (κ1) is 26.1. The van der Waals surface area contributed by atoms with Crippen LogP contribution < -0.4 is 4.74 Å². The lowest BCUT2D eigenvalue weighted by Crippen LogP contribution is -2.42. The third kappa shape index (κ3) is 5.98. The number of para-hydroxylation sites is 1. The average molecular weight is 529 g/mol. The Balaban J connectivity index is 1.26. The van der Waals surface area contributed by atoms with E-state index in [1.165, 1.54) is 12.1 Å². The first-order valence-electron chi connectivity index (χ1n) is 12.8. The van der Waals surface area contributed by atoms with Gasteiger partial charge in [0.05, 0.1) is 5.39 Å². The van der Waals surface area contributed by atoms with Crippen molar-refractivity contribution in [2.75, 3.05) is 6.54 Å². The van der Waals surface area contributed by atoms with Crippen molar-refractivity contribution in [1.29, 1.82) is 0 Å². The van der Waals surface area contributed by atoms with Gasteiger partial charge < -0.3 is 19.4 Å². The molecule has 1 N–H and O–H groups in total. The molecule has 1 amide bonds. The number of hydrogen-bond donors (Lipinski definition) is 1. The van der Waals surface area contributed by atoms with E-state index in [4.69, 9.17) is 9.47 Å². The second kappa shape index (κ2) is 10.7. The molecule has 3 heterocycles. The number of carbonyl (C=O) groups is 2. The molecule has 2 aromatic heterocycles. The fourth-order valence-electron chi connectivity index (χ4n) is 4.41. The number of amides is 1. The Morgan fingerprint density at radius 3 is 2.62 bits per heavy atom. The topological polar surface area (TPSA) is 97.4 Å². The van der Waals surface area contributed by atoms with E-state index in [2.05, 4.69) is 15.0 Å². The zero-order valence-electron chi connectivity index (χ0n) is 22.0. The average Bonchev–Trinajstić information content (AvgIpc) is 3.55. The summed E-state index contributed by atoms with van der Waals surface area (Å²) in [5.74, 6) is 0.0139. The summed E-state index contributed by atoms with van der Waals surface area (Å²) in [5.41, 5.74) is 1.57. The predicted molar refractivity (Wildman–Crippen MR) is 145 cm³/mol. The van der Waals surface area contributed by atoms with Crippen LogP contribution in [0.25, 0.3) is 28.5 Å². The second-order valence-corrected chi connectivity index (χ2v) is 10.3. The Morgan fingerprint density at radius 1 is 1.10 bits per heavy atom. The van der Waals surface area contributed by atoms with E-state index < -0.39 is 17.5 Å². The zero-order chi connectivity index (χ0) is 27.6. The molecule has 5 rings (SSSR count). The Kier molecular flexibility index (Phi) is 7.15. The SMILES string of the molecule is CC(C)(C)OC(=O)[C@@H]1CCCN1C(=O)/C=C/c1ccc(-c2ncc3c(Oc4ccccc4F)c[nH]c3n2)cc1. The third-order valence-corrected chi connectivity index (χ3v) is 6.25. The smallest absolute Gasteiger partial charge is 0.329 e. The Labute approximate surface area is 225 Å². The number of halogens is 1. The molecule has 9 heteroatoms. The molecule has 200 valence electrons. The van der Waals surface area contributed by atoms with Crippen LogP contribution >= 0.6 is 0 Å². The van der Waals surface area contributed by atoms with Crippen molar-refractivity contribution >= 4 is 29.0 Å². The van der Waals surface area contributed by atoms with Gasteiger partial charge in [0.1, 0.15) is 17.3 Å². The molecule has 39 heavy (non-hydrogen) atoms. The number of aromatic amines is 1. The first-order chi connectivity index (χ1) is 18.7. The van der Waals surface area contributed by atoms with Crippen molar-refractivity contribution in [2.45, 2.75) is 45.3 Å². The predicted octanol–water partition coefficient (Wildman–Crippen LogP) is 5.90. The molecular formula is C30H29FN4O4. The van der Waals surface area contributed by atoms with Gasteiger partial charge in [0, 0.05) is 30.6 Å². The number of nitrogens with one attached hydrogen (secondary N) is 1. The van der Waals surface area contributed by atoms with E-state index in [1.54, 1.807) is 41.6 Å². The van der Waals surface area contributed by atoms with Gasteiger partial charge in [-0.25, -0.2) is 19.2 Å². The Bertz CT molecular complexity index is 1540. The van der Waals surface area contributed by atoms with Crippen LogP contribution in [-0.4, -0.2) is 49.9 Å². The molecule has 8 nitrogen and oxygen atoms in total. The summed E-state index contributed by atoms with van der Waals surface area (Å²) in [6, 6.07) is 13.1. The Morgan fingerprint density at radius 2 is 1.87 bits per heavy atom. The molecular weight excluding hydrogens is 499 g/mol. The number of rotatable bonds is 6. The van der Waals surface area contributed by atoms with Gasteiger partial charge in [0.15, 0.2) is 23.1 Å².